The molecular formula is C31H35FO. The van der Waals surface area contributed by atoms with Gasteiger partial charge in [-0.15, -0.1) is 0 Å². The lowest BCUT2D eigenvalue weighted by molar-refractivity contribution is 0.297. The molecule has 172 valence electrons. The molecule has 0 aliphatic heterocycles. The van der Waals surface area contributed by atoms with Gasteiger partial charge in [-0.25, -0.2) is 4.39 Å². The van der Waals surface area contributed by atoms with Crippen molar-refractivity contribution in [3.63, 3.8) is 0 Å². The van der Waals surface area contributed by atoms with E-state index in [-0.39, 0.29) is 5.82 Å². The van der Waals surface area contributed by atoms with E-state index in [2.05, 4.69) is 61.5 Å². The second-order valence-electron chi connectivity index (χ2n) is 9.38. The van der Waals surface area contributed by atoms with E-state index in [1.807, 2.05) is 25.1 Å². The predicted molar refractivity (Wildman–Crippen MR) is 137 cm³/mol. The van der Waals surface area contributed by atoms with Crippen LogP contribution in [0.1, 0.15) is 80.0 Å². The van der Waals surface area contributed by atoms with Gasteiger partial charge in [-0.3, -0.25) is 0 Å². The summed E-state index contributed by atoms with van der Waals surface area (Å²) in [5.74, 6) is 2.45. The van der Waals surface area contributed by atoms with Gasteiger partial charge in [0.15, 0.2) is 0 Å². The molecule has 0 radical (unpaired) electrons. The summed E-state index contributed by atoms with van der Waals surface area (Å²) in [6.45, 7) is 4.80. The fraction of sp³-hybridized carbons (Fsp3) is 0.355. The molecule has 0 heterocycles. The lowest BCUT2D eigenvalue weighted by atomic mass is 9.75. The van der Waals surface area contributed by atoms with Crippen molar-refractivity contribution in [3.8, 4) is 5.75 Å². The van der Waals surface area contributed by atoms with E-state index in [9.17, 15) is 4.39 Å². The maximum Gasteiger partial charge on any atom is 0.134 e. The molecule has 0 amide bonds. The van der Waals surface area contributed by atoms with Crippen LogP contribution in [-0.2, 0) is 0 Å². The van der Waals surface area contributed by atoms with Crippen molar-refractivity contribution in [2.24, 2.45) is 5.92 Å². The van der Waals surface area contributed by atoms with Gasteiger partial charge in [0, 0.05) is 11.6 Å². The Kier molecular flexibility index (Phi) is 7.99. The zero-order valence-corrected chi connectivity index (χ0v) is 19.8. The quantitative estimate of drug-likeness (QED) is 0.317. The monoisotopic (exact) mass is 442 g/mol. The van der Waals surface area contributed by atoms with E-state index in [0.29, 0.717) is 29.8 Å². The molecule has 1 atom stereocenters. The van der Waals surface area contributed by atoms with Crippen LogP contribution in [0.4, 0.5) is 4.39 Å². The first-order valence-corrected chi connectivity index (χ1v) is 12.4. The number of rotatable bonds is 8. The Bertz CT molecular complexity index is 1030. The Labute approximate surface area is 198 Å². The third-order valence-electron chi connectivity index (χ3n) is 7.05. The molecule has 4 rings (SSSR count). The van der Waals surface area contributed by atoms with Crippen LogP contribution in [0.2, 0.25) is 0 Å². The van der Waals surface area contributed by atoms with E-state index in [1.165, 1.54) is 49.3 Å². The Morgan fingerprint density at radius 3 is 2.30 bits per heavy atom. The van der Waals surface area contributed by atoms with Gasteiger partial charge in [-0.2, -0.15) is 0 Å². The summed E-state index contributed by atoms with van der Waals surface area (Å²) in [5.41, 5.74) is 4.57. The largest absolute Gasteiger partial charge is 0.494 e. The van der Waals surface area contributed by atoms with Crippen molar-refractivity contribution in [2.75, 3.05) is 6.61 Å². The summed E-state index contributed by atoms with van der Waals surface area (Å²) in [5, 5.41) is 0. The molecule has 3 aromatic carbocycles. The smallest absolute Gasteiger partial charge is 0.134 e. The first kappa shape index (κ1) is 23.3. The van der Waals surface area contributed by atoms with E-state index < -0.39 is 0 Å². The third kappa shape index (κ3) is 6.35. The Morgan fingerprint density at radius 1 is 0.909 bits per heavy atom. The molecule has 1 aliphatic rings. The van der Waals surface area contributed by atoms with E-state index in [1.54, 1.807) is 6.07 Å². The summed E-state index contributed by atoms with van der Waals surface area (Å²) < 4.78 is 19.6. The Hall–Kier alpha value is -2.87. The molecule has 1 saturated carbocycles. The van der Waals surface area contributed by atoms with Crippen molar-refractivity contribution in [3.05, 3.63) is 101 Å². The second kappa shape index (κ2) is 11.3. The van der Waals surface area contributed by atoms with Gasteiger partial charge >= 0.3 is 0 Å². The van der Waals surface area contributed by atoms with Gasteiger partial charge < -0.3 is 4.74 Å². The SMILES string of the molecule is CCOc1ccc(/C=C/c2ccc(C3CCC(CC(C)c4ccccc4)CC3)cc2)c(F)c1. The summed E-state index contributed by atoms with van der Waals surface area (Å²) in [7, 11) is 0. The van der Waals surface area contributed by atoms with Crippen LogP contribution < -0.4 is 4.74 Å². The summed E-state index contributed by atoms with van der Waals surface area (Å²) in [4.78, 5) is 0. The van der Waals surface area contributed by atoms with Crippen molar-refractivity contribution < 1.29 is 9.13 Å². The number of hydrogen-bond acceptors (Lipinski definition) is 1. The van der Waals surface area contributed by atoms with Crippen LogP contribution in [0, 0.1) is 11.7 Å². The van der Waals surface area contributed by atoms with Crippen LogP contribution in [0.5, 0.6) is 5.75 Å². The van der Waals surface area contributed by atoms with E-state index >= 15 is 0 Å². The standard InChI is InChI=1S/C31H35FO/c1-3-33-30-20-19-29(31(32)22-30)18-11-24-9-14-27(15-10-24)28-16-12-25(13-17-28)21-23(2)26-7-5-4-6-8-26/h4-11,14-15,18-20,22-23,25,28H,3,12-13,16-17,21H2,1-2H3/b18-11+. The molecule has 0 saturated heterocycles. The highest BCUT2D eigenvalue weighted by Gasteiger charge is 2.24. The van der Waals surface area contributed by atoms with Gasteiger partial charge in [0.25, 0.3) is 0 Å². The zero-order valence-electron chi connectivity index (χ0n) is 19.8. The average molecular weight is 443 g/mol. The molecule has 3 aromatic rings. The highest BCUT2D eigenvalue weighted by Crippen LogP contribution is 2.39. The highest BCUT2D eigenvalue weighted by atomic mass is 19.1. The molecule has 33 heavy (non-hydrogen) atoms. The minimum absolute atomic E-state index is 0.257. The van der Waals surface area contributed by atoms with Gasteiger partial charge in [-0.1, -0.05) is 73.7 Å². The molecule has 0 N–H and O–H groups in total. The normalized spacial score (nSPS) is 19.5. The molecule has 1 fully saturated rings. The second-order valence-corrected chi connectivity index (χ2v) is 9.38. The average Bonchev–Trinajstić information content (AvgIpc) is 2.85. The first-order chi connectivity index (χ1) is 16.1. The minimum atomic E-state index is -0.257. The van der Waals surface area contributed by atoms with Crippen molar-refractivity contribution in [1.29, 1.82) is 0 Å². The van der Waals surface area contributed by atoms with Crippen molar-refractivity contribution >= 4 is 12.2 Å². The number of hydrogen-bond donors (Lipinski definition) is 0. The summed E-state index contributed by atoms with van der Waals surface area (Å²) in [6.07, 6.45) is 10.3. The zero-order chi connectivity index (χ0) is 23.0. The van der Waals surface area contributed by atoms with Gasteiger partial charge in [0.1, 0.15) is 11.6 Å². The van der Waals surface area contributed by atoms with Crippen LogP contribution in [0.15, 0.2) is 72.8 Å². The Morgan fingerprint density at radius 2 is 1.64 bits per heavy atom. The minimum Gasteiger partial charge on any atom is -0.494 e. The summed E-state index contributed by atoms with van der Waals surface area (Å²) in [6, 6.07) is 24.8. The molecule has 1 nitrogen and oxygen atoms in total. The highest BCUT2D eigenvalue weighted by molar-refractivity contribution is 5.70. The lowest BCUT2D eigenvalue weighted by Crippen LogP contribution is -2.15. The number of benzene rings is 3. The lowest BCUT2D eigenvalue weighted by Gasteiger charge is -2.30. The molecular weight excluding hydrogens is 407 g/mol. The number of halogens is 1. The van der Waals surface area contributed by atoms with Gasteiger partial charge in [-0.05, 0) is 85.6 Å². The fourth-order valence-electron chi connectivity index (χ4n) is 5.11. The maximum absolute atomic E-state index is 14.3. The molecule has 1 aliphatic carbocycles. The van der Waals surface area contributed by atoms with E-state index in [4.69, 9.17) is 4.74 Å². The van der Waals surface area contributed by atoms with Gasteiger partial charge in [0.2, 0.25) is 0 Å². The van der Waals surface area contributed by atoms with Gasteiger partial charge in [0.05, 0.1) is 6.61 Å². The molecule has 0 bridgehead atoms. The number of ether oxygens (including phenoxy) is 1. The first-order valence-electron chi connectivity index (χ1n) is 12.4. The molecule has 0 spiro atoms. The van der Waals surface area contributed by atoms with Crippen LogP contribution in [0.25, 0.3) is 12.2 Å². The molecule has 0 aromatic heterocycles. The van der Waals surface area contributed by atoms with E-state index in [0.717, 1.165) is 11.5 Å². The fourth-order valence-corrected chi connectivity index (χ4v) is 5.11. The summed E-state index contributed by atoms with van der Waals surface area (Å²) >= 11 is 0. The van der Waals surface area contributed by atoms with Crippen LogP contribution >= 0.6 is 0 Å². The molecule has 1 unspecified atom stereocenters. The maximum atomic E-state index is 14.3. The van der Waals surface area contributed by atoms with Crippen molar-refractivity contribution in [2.45, 2.75) is 57.8 Å². The van der Waals surface area contributed by atoms with Crippen LogP contribution in [-0.4, -0.2) is 6.61 Å². The third-order valence-corrected chi connectivity index (χ3v) is 7.05. The van der Waals surface area contributed by atoms with Crippen molar-refractivity contribution in [1.82, 2.24) is 0 Å². The predicted octanol–water partition coefficient (Wildman–Crippen LogP) is 8.86. The topological polar surface area (TPSA) is 9.23 Å². The molecule has 2 heteroatoms. The Balaban J connectivity index is 1.29. The van der Waals surface area contributed by atoms with Crippen LogP contribution in [0.3, 0.4) is 0 Å².